The molecule has 0 aliphatic rings. The standard InChI is InChI=1S/C12H13NO3S/c1-13(2)5-8-10(14)4-3-7-9(12(15)16)6-17-11(7)8/h3-4,6,14H,5H2,1-2H3,(H,15,16). The number of aromatic hydroxyl groups is 1. The third kappa shape index (κ3) is 2.11. The first-order valence-electron chi connectivity index (χ1n) is 5.10. The molecule has 17 heavy (non-hydrogen) atoms. The van der Waals surface area contributed by atoms with Crippen LogP contribution in [-0.4, -0.2) is 35.2 Å². The third-order valence-electron chi connectivity index (χ3n) is 2.53. The summed E-state index contributed by atoms with van der Waals surface area (Å²) < 4.78 is 0.844. The van der Waals surface area contributed by atoms with Crippen molar-refractivity contribution < 1.29 is 15.0 Å². The van der Waals surface area contributed by atoms with Crippen LogP contribution in [0.2, 0.25) is 0 Å². The molecule has 1 aromatic carbocycles. The van der Waals surface area contributed by atoms with Crippen molar-refractivity contribution in [2.45, 2.75) is 6.54 Å². The molecule has 0 spiro atoms. The number of benzene rings is 1. The Labute approximate surface area is 103 Å². The summed E-state index contributed by atoms with van der Waals surface area (Å²) in [5.41, 5.74) is 1.08. The maximum Gasteiger partial charge on any atom is 0.337 e. The molecule has 90 valence electrons. The largest absolute Gasteiger partial charge is 0.508 e. The van der Waals surface area contributed by atoms with Crippen molar-refractivity contribution in [2.75, 3.05) is 14.1 Å². The molecule has 0 atom stereocenters. The molecule has 2 N–H and O–H groups in total. The molecule has 0 saturated heterocycles. The summed E-state index contributed by atoms with van der Waals surface area (Å²) in [7, 11) is 3.81. The zero-order chi connectivity index (χ0) is 12.6. The fourth-order valence-corrected chi connectivity index (χ4v) is 2.86. The summed E-state index contributed by atoms with van der Waals surface area (Å²) in [5, 5.41) is 21.2. The van der Waals surface area contributed by atoms with Crippen molar-refractivity contribution in [1.82, 2.24) is 4.90 Å². The van der Waals surface area contributed by atoms with E-state index in [1.165, 1.54) is 11.3 Å². The molecule has 0 bridgehead atoms. The lowest BCUT2D eigenvalue weighted by Gasteiger charge is -2.12. The lowest BCUT2D eigenvalue weighted by atomic mass is 10.1. The topological polar surface area (TPSA) is 60.8 Å². The van der Waals surface area contributed by atoms with Gasteiger partial charge < -0.3 is 15.1 Å². The molecule has 0 unspecified atom stereocenters. The Hall–Kier alpha value is -1.59. The number of carboxylic acid groups (broad SMARTS) is 1. The van der Waals surface area contributed by atoms with Crippen molar-refractivity contribution in [3.63, 3.8) is 0 Å². The minimum absolute atomic E-state index is 0.213. The van der Waals surface area contributed by atoms with Gasteiger partial charge in [0.25, 0.3) is 0 Å². The monoisotopic (exact) mass is 251 g/mol. The second-order valence-electron chi connectivity index (χ2n) is 4.13. The highest BCUT2D eigenvalue weighted by molar-refractivity contribution is 7.17. The van der Waals surface area contributed by atoms with Crippen LogP contribution in [0.5, 0.6) is 5.75 Å². The van der Waals surface area contributed by atoms with Gasteiger partial charge in [0.1, 0.15) is 5.75 Å². The predicted molar refractivity (Wildman–Crippen MR) is 67.8 cm³/mol. The second-order valence-corrected chi connectivity index (χ2v) is 5.01. The average molecular weight is 251 g/mol. The van der Waals surface area contributed by atoms with Gasteiger partial charge in [-0.1, -0.05) is 0 Å². The van der Waals surface area contributed by atoms with Crippen molar-refractivity contribution in [3.8, 4) is 5.75 Å². The van der Waals surface area contributed by atoms with Crippen molar-refractivity contribution in [2.24, 2.45) is 0 Å². The zero-order valence-electron chi connectivity index (χ0n) is 9.60. The Kier molecular flexibility index (Phi) is 3.04. The van der Waals surface area contributed by atoms with E-state index in [0.29, 0.717) is 17.5 Å². The molecule has 2 rings (SSSR count). The first-order valence-corrected chi connectivity index (χ1v) is 5.98. The number of carbonyl (C=O) groups is 1. The number of phenols is 1. The smallest absolute Gasteiger partial charge is 0.337 e. The maximum absolute atomic E-state index is 11.0. The summed E-state index contributed by atoms with van der Waals surface area (Å²) in [5.74, 6) is -0.720. The van der Waals surface area contributed by atoms with Crippen LogP contribution in [0.4, 0.5) is 0 Å². The van der Waals surface area contributed by atoms with Gasteiger partial charge in [0.2, 0.25) is 0 Å². The van der Waals surface area contributed by atoms with Gasteiger partial charge in [-0.3, -0.25) is 0 Å². The highest BCUT2D eigenvalue weighted by Gasteiger charge is 2.15. The molecule has 0 aliphatic heterocycles. The Morgan fingerprint density at radius 2 is 2.12 bits per heavy atom. The van der Waals surface area contributed by atoms with Crippen LogP contribution in [0.1, 0.15) is 15.9 Å². The molecule has 5 heteroatoms. The van der Waals surface area contributed by atoms with E-state index in [1.807, 2.05) is 19.0 Å². The predicted octanol–water partition coefficient (Wildman–Crippen LogP) is 2.37. The van der Waals surface area contributed by atoms with E-state index in [9.17, 15) is 9.90 Å². The molecule has 0 aliphatic carbocycles. The van der Waals surface area contributed by atoms with E-state index in [0.717, 1.165) is 10.3 Å². The second kappa shape index (κ2) is 4.35. The summed E-state index contributed by atoms with van der Waals surface area (Å²) in [6.45, 7) is 0.586. The Morgan fingerprint density at radius 3 is 2.71 bits per heavy atom. The Balaban J connectivity index is 2.66. The minimum Gasteiger partial charge on any atom is -0.508 e. The third-order valence-corrected chi connectivity index (χ3v) is 3.58. The lowest BCUT2D eigenvalue weighted by molar-refractivity contribution is 0.0699. The number of phenolic OH excluding ortho intramolecular Hbond substituents is 1. The molecular formula is C12H13NO3S. The van der Waals surface area contributed by atoms with Crippen LogP contribution in [0, 0.1) is 0 Å². The van der Waals surface area contributed by atoms with E-state index in [2.05, 4.69) is 0 Å². The Bertz CT molecular complexity index is 574. The fraction of sp³-hybridized carbons (Fsp3) is 0.250. The molecule has 1 aromatic heterocycles. The van der Waals surface area contributed by atoms with Gasteiger partial charge in [0, 0.05) is 27.6 Å². The van der Waals surface area contributed by atoms with Gasteiger partial charge in [-0.05, 0) is 26.2 Å². The number of aromatic carboxylic acids is 1. The van der Waals surface area contributed by atoms with E-state index in [-0.39, 0.29) is 5.75 Å². The molecule has 0 saturated carbocycles. The summed E-state index contributed by atoms with van der Waals surface area (Å²) in [4.78, 5) is 13.0. The SMILES string of the molecule is CN(C)Cc1c(O)ccc2c(C(=O)O)csc12. The number of fused-ring (bicyclic) bond motifs is 1. The molecule has 1 heterocycles. The van der Waals surface area contributed by atoms with Crippen LogP contribution < -0.4 is 0 Å². The van der Waals surface area contributed by atoms with Crippen LogP contribution in [0.3, 0.4) is 0 Å². The maximum atomic E-state index is 11.0. The van der Waals surface area contributed by atoms with Crippen molar-refractivity contribution in [3.05, 3.63) is 28.6 Å². The van der Waals surface area contributed by atoms with Crippen LogP contribution in [0.25, 0.3) is 10.1 Å². The van der Waals surface area contributed by atoms with E-state index < -0.39 is 5.97 Å². The molecular weight excluding hydrogens is 238 g/mol. The molecule has 4 nitrogen and oxygen atoms in total. The van der Waals surface area contributed by atoms with Crippen LogP contribution in [0.15, 0.2) is 17.5 Å². The average Bonchev–Trinajstić information content (AvgIpc) is 2.65. The van der Waals surface area contributed by atoms with Gasteiger partial charge in [-0.15, -0.1) is 11.3 Å². The lowest BCUT2D eigenvalue weighted by Crippen LogP contribution is -2.10. The van der Waals surface area contributed by atoms with E-state index in [4.69, 9.17) is 5.11 Å². The van der Waals surface area contributed by atoms with Crippen LogP contribution in [-0.2, 0) is 6.54 Å². The summed E-state index contributed by atoms with van der Waals surface area (Å²) in [6.07, 6.45) is 0. The van der Waals surface area contributed by atoms with E-state index >= 15 is 0 Å². The molecule has 2 aromatic rings. The van der Waals surface area contributed by atoms with Gasteiger partial charge in [0.15, 0.2) is 0 Å². The van der Waals surface area contributed by atoms with Crippen LogP contribution >= 0.6 is 11.3 Å². The number of hydrogen-bond donors (Lipinski definition) is 2. The Morgan fingerprint density at radius 1 is 1.41 bits per heavy atom. The summed E-state index contributed by atoms with van der Waals surface area (Å²) in [6, 6.07) is 3.21. The van der Waals surface area contributed by atoms with Gasteiger partial charge in [-0.25, -0.2) is 4.79 Å². The van der Waals surface area contributed by atoms with E-state index in [1.54, 1.807) is 17.5 Å². The summed E-state index contributed by atoms with van der Waals surface area (Å²) >= 11 is 1.36. The molecule has 0 fully saturated rings. The highest BCUT2D eigenvalue weighted by Crippen LogP contribution is 2.34. The van der Waals surface area contributed by atoms with Gasteiger partial charge in [-0.2, -0.15) is 0 Å². The zero-order valence-corrected chi connectivity index (χ0v) is 10.4. The normalized spacial score (nSPS) is 11.2. The number of carboxylic acids is 1. The highest BCUT2D eigenvalue weighted by atomic mass is 32.1. The molecule has 0 amide bonds. The first kappa shape index (κ1) is 11.9. The fourth-order valence-electron chi connectivity index (χ4n) is 1.78. The van der Waals surface area contributed by atoms with Crippen molar-refractivity contribution >= 4 is 27.4 Å². The first-order chi connectivity index (χ1) is 8.00. The number of hydrogen-bond acceptors (Lipinski definition) is 4. The quantitative estimate of drug-likeness (QED) is 0.879. The van der Waals surface area contributed by atoms with Gasteiger partial charge >= 0.3 is 5.97 Å². The number of thiophene rings is 1. The number of rotatable bonds is 3. The number of nitrogens with zero attached hydrogens (tertiary/aromatic N) is 1. The minimum atomic E-state index is -0.933. The van der Waals surface area contributed by atoms with Crippen molar-refractivity contribution in [1.29, 1.82) is 0 Å². The van der Waals surface area contributed by atoms with Gasteiger partial charge in [0.05, 0.1) is 5.56 Å². The molecule has 0 radical (unpaired) electrons.